The van der Waals surface area contributed by atoms with Gasteiger partial charge in [-0.15, -0.1) is 0 Å². The van der Waals surface area contributed by atoms with Crippen LogP contribution in [0.1, 0.15) is 20.8 Å². The number of hydrogen-bond donors (Lipinski definition) is 1. The Bertz CT molecular complexity index is 330. The van der Waals surface area contributed by atoms with Gasteiger partial charge in [-0.05, 0) is 11.8 Å². The zero-order valence-electron chi connectivity index (χ0n) is 9.47. The molecule has 1 amide bonds. The summed E-state index contributed by atoms with van der Waals surface area (Å²) >= 11 is 6.33. The van der Waals surface area contributed by atoms with Crippen LogP contribution < -0.4 is 0 Å². The van der Waals surface area contributed by atoms with E-state index in [1.807, 2.05) is 20.8 Å². The second-order valence-electron chi connectivity index (χ2n) is 4.23. The van der Waals surface area contributed by atoms with Gasteiger partial charge in [-0.3, -0.25) is 14.5 Å². The van der Waals surface area contributed by atoms with Crippen LogP contribution in [-0.2, 0) is 9.59 Å². The summed E-state index contributed by atoms with van der Waals surface area (Å²) < 4.78 is 0.380. The van der Waals surface area contributed by atoms with Crippen LogP contribution in [0.5, 0.6) is 0 Å². The average molecular weight is 261 g/mol. The molecule has 0 aromatic carbocycles. The highest BCUT2D eigenvalue weighted by Gasteiger charge is 2.41. The molecule has 0 saturated carbocycles. The number of thiocarbonyl (C=S) groups is 1. The van der Waals surface area contributed by atoms with Crippen molar-refractivity contribution in [2.45, 2.75) is 26.0 Å². The van der Waals surface area contributed by atoms with Crippen LogP contribution in [0.2, 0.25) is 0 Å². The molecule has 0 aromatic rings. The summed E-state index contributed by atoms with van der Waals surface area (Å²) in [6, 6.07) is 0. The van der Waals surface area contributed by atoms with Gasteiger partial charge in [0.05, 0.1) is 5.25 Å². The summed E-state index contributed by atoms with van der Waals surface area (Å²) in [5.74, 6) is -0.643. The average Bonchev–Trinajstić information content (AvgIpc) is 2.44. The quantitative estimate of drug-likeness (QED) is 0.779. The zero-order valence-corrected chi connectivity index (χ0v) is 11.1. The van der Waals surface area contributed by atoms with E-state index in [0.29, 0.717) is 10.2 Å². The van der Waals surface area contributed by atoms with Crippen LogP contribution in [-0.4, -0.2) is 38.0 Å². The molecule has 1 heterocycles. The second kappa shape index (κ2) is 5.14. The van der Waals surface area contributed by atoms with E-state index in [2.05, 4.69) is 0 Å². The Kier molecular flexibility index (Phi) is 4.32. The van der Waals surface area contributed by atoms with E-state index < -0.39 is 5.97 Å². The highest BCUT2D eigenvalue weighted by molar-refractivity contribution is 8.24. The van der Waals surface area contributed by atoms with Crippen molar-refractivity contribution >= 4 is 40.2 Å². The van der Waals surface area contributed by atoms with E-state index in [-0.39, 0.29) is 23.6 Å². The Morgan fingerprint density at radius 2 is 2.12 bits per heavy atom. The highest BCUT2D eigenvalue weighted by Crippen LogP contribution is 2.35. The van der Waals surface area contributed by atoms with Crippen molar-refractivity contribution in [3.05, 3.63) is 0 Å². The number of hydrogen-bond acceptors (Lipinski definition) is 4. The number of thioether (sulfide) groups is 1. The number of nitrogens with zero attached hydrogens (tertiary/aromatic N) is 1. The number of aliphatic carboxylic acids is 1. The molecule has 2 atom stereocenters. The summed E-state index contributed by atoms with van der Waals surface area (Å²) in [5, 5.41) is 8.45. The number of carbonyl (C=O) groups excluding carboxylic acids is 1. The van der Waals surface area contributed by atoms with Gasteiger partial charge in [0.2, 0.25) is 5.91 Å². The SMILES string of the molecule is CC(C)C(C)C1SC(=S)N(CC(=O)O)C1=O. The molecule has 6 heteroatoms. The highest BCUT2D eigenvalue weighted by atomic mass is 32.2. The Morgan fingerprint density at radius 3 is 2.56 bits per heavy atom. The van der Waals surface area contributed by atoms with E-state index in [1.165, 1.54) is 16.7 Å². The number of amides is 1. The lowest BCUT2D eigenvalue weighted by atomic mass is 9.94. The fourth-order valence-electron chi connectivity index (χ4n) is 1.43. The third-order valence-electron chi connectivity index (χ3n) is 2.78. The van der Waals surface area contributed by atoms with Gasteiger partial charge >= 0.3 is 5.97 Å². The summed E-state index contributed by atoms with van der Waals surface area (Å²) in [4.78, 5) is 23.7. The molecule has 1 aliphatic rings. The number of carboxylic acid groups (broad SMARTS) is 1. The fourth-order valence-corrected chi connectivity index (χ4v) is 3.15. The van der Waals surface area contributed by atoms with Crippen LogP contribution in [0.25, 0.3) is 0 Å². The first-order chi connectivity index (χ1) is 7.34. The Hall–Kier alpha value is -0.620. The molecular weight excluding hydrogens is 246 g/mol. The van der Waals surface area contributed by atoms with Crippen molar-refractivity contribution in [2.75, 3.05) is 6.54 Å². The molecule has 0 bridgehead atoms. The Balaban J connectivity index is 2.78. The summed E-state index contributed by atoms with van der Waals surface area (Å²) in [5.41, 5.74) is 0. The molecule has 1 fully saturated rings. The summed E-state index contributed by atoms with van der Waals surface area (Å²) in [7, 11) is 0. The molecule has 0 spiro atoms. The maximum Gasteiger partial charge on any atom is 0.323 e. The van der Waals surface area contributed by atoms with Gasteiger partial charge in [-0.25, -0.2) is 0 Å². The van der Waals surface area contributed by atoms with Gasteiger partial charge in [0.25, 0.3) is 0 Å². The van der Waals surface area contributed by atoms with Crippen LogP contribution in [0, 0.1) is 11.8 Å². The van der Waals surface area contributed by atoms with E-state index in [0.717, 1.165) is 0 Å². The van der Waals surface area contributed by atoms with Gasteiger partial charge in [0.1, 0.15) is 10.9 Å². The molecule has 1 N–H and O–H groups in total. The van der Waals surface area contributed by atoms with Gasteiger partial charge < -0.3 is 5.11 Å². The van der Waals surface area contributed by atoms with Crippen molar-refractivity contribution < 1.29 is 14.7 Å². The van der Waals surface area contributed by atoms with Gasteiger partial charge in [0, 0.05) is 0 Å². The molecule has 0 radical (unpaired) electrons. The maximum atomic E-state index is 12.0. The zero-order chi connectivity index (χ0) is 12.5. The van der Waals surface area contributed by atoms with E-state index in [1.54, 1.807) is 0 Å². The lowest BCUT2D eigenvalue weighted by molar-refractivity contribution is -0.141. The fraction of sp³-hybridized carbons (Fsp3) is 0.700. The van der Waals surface area contributed by atoms with Crippen molar-refractivity contribution in [2.24, 2.45) is 11.8 Å². The van der Waals surface area contributed by atoms with Crippen LogP contribution >= 0.6 is 24.0 Å². The molecule has 90 valence electrons. The minimum Gasteiger partial charge on any atom is -0.480 e. The minimum atomic E-state index is -1.03. The van der Waals surface area contributed by atoms with Crippen molar-refractivity contribution in [1.29, 1.82) is 0 Å². The first-order valence-corrected chi connectivity index (χ1v) is 6.37. The molecule has 16 heavy (non-hydrogen) atoms. The maximum absolute atomic E-state index is 12.0. The van der Waals surface area contributed by atoms with Crippen molar-refractivity contribution in [3.63, 3.8) is 0 Å². The molecule has 2 unspecified atom stereocenters. The van der Waals surface area contributed by atoms with Crippen molar-refractivity contribution in [3.8, 4) is 0 Å². The summed E-state index contributed by atoms with van der Waals surface area (Å²) in [6.07, 6.45) is 0. The number of carboxylic acids is 1. The predicted octanol–water partition coefficient (Wildman–Crippen LogP) is 1.59. The van der Waals surface area contributed by atoms with Crippen molar-refractivity contribution in [1.82, 2.24) is 4.90 Å². The monoisotopic (exact) mass is 261 g/mol. The summed E-state index contributed by atoms with van der Waals surface area (Å²) in [6.45, 7) is 5.75. The number of rotatable bonds is 4. The predicted molar refractivity (Wildman–Crippen MR) is 67.3 cm³/mol. The first-order valence-electron chi connectivity index (χ1n) is 5.08. The minimum absolute atomic E-state index is 0.168. The molecular formula is C10H15NO3S2. The van der Waals surface area contributed by atoms with Gasteiger partial charge in [-0.1, -0.05) is 44.8 Å². The molecule has 4 nitrogen and oxygen atoms in total. The third kappa shape index (κ3) is 2.74. The van der Waals surface area contributed by atoms with Crippen LogP contribution in [0.3, 0.4) is 0 Å². The van der Waals surface area contributed by atoms with E-state index >= 15 is 0 Å². The molecule has 1 aliphatic heterocycles. The molecule has 0 aromatic heterocycles. The molecule has 1 rings (SSSR count). The molecule has 0 aliphatic carbocycles. The second-order valence-corrected chi connectivity index (χ2v) is 6.00. The smallest absolute Gasteiger partial charge is 0.323 e. The number of carbonyl (C=O) groups is 2. The van der Waals surface area contributed by atoms with E-state index in [4.69, 9.17) is 17.3 Å². The topological polar surface area (TPSA) is 57.6 Å². The lowest BCUT2D eigenvalue weighted by Gasteiger charge is -2.20. The first kappa shape index (κ1) is 13.4. The van der Waals surface area contributed by atoms with Crippen LogP contribution in [0.4, 0.5) is 0 Å². The lowest BCUT2D eigenvalue weighted by Crippen LogP contribution is -2.38. The Labute approximate surface area is 104 Å². The van der Waals surface area contributed by atoms with E-state index in [9.17, 15) is 9.59 Å². The molecule has 1 saturated heterocycles. The Morgan fingerprint density at radius 1 is 1.56 bits per heavy atom. The third-order valence-corrected chi connectivity index (χ3v) is 4.60. The normalized spacial score (nSPS) is 23.0. The van der Waals surface area contributed by atoms with Gasteiger partial charge in [-0.2, -0.15) is 0 Å². The van der Waals surface area contributed by atoms with Crippen LogP contribution in [0.15, 0.2) is 0 Å². The van der Waals surface area contributed by atoms with Gasteiger partial charge in [0.15, 0.2) is 0 Å². The standard InChI is InChI=1S/C10H15NO3S2/c1-5(2)6(3)8-9(14)11(4-7(12)13)10(15)16-8/h5-6,8H,4H2,1-3H3,(H,12,13). The largest absolute Gasteiger partial charge is 0.480 e.